The van der Waals surface area contributed by atoms with Crippen LogP contribution in [0.25, 0.3) is 16.3 Å². The number of anilines is 1. The third kappa shape index (κ3) is 4.28. The van der Waals surface area contributed by atoms with E-state index in [4.69, 9.17) is 0 Å². The van der Waals surface area contributed by atoms with Gasteiger partial charge in [-0.1, -0.05) is 23.8 Å². The Kier molecular flexibility index (Phi) is 5.72. The highest BCUT2D eigenvalue weighted by atomic mass is 16.1. The number of carbonyl (C=O) groups is 1. The first kappa shape index (κ1) is 21.4. The second-order valence-electron chi connectivity index (χ2n) is 8.90. The maximum absolute atomic E-state index is 12.6. The summed E-state index contributed by atoms with van der Waals surface area (Å²) in [6, 6.07) is 12.3. The number of rotatable bonds is 4. The third-order valence-electron chi connectivity index (χ3n) is 6.81. The van der Waals surface area contributed by atoms with Gasteiger partial charge in [0.05, 0.1) is 11.9 Å². The zero-order chi connectivity index (χ0) is 22.9. The fourth-order valence-electron chi connectivity index (χ4n) is 4.91. The lowest BCUT2D eigenvalue weighted by molar-refractivity contribution is 0.0958. The number of aromatic amines is 1. The molecule has 5 rings (SSSR count). The van der Waals surface area contributed by atoms with Crippen LogP contribution in [-0.2, 0) is 0 Å². The SMILES string of the molecule is CNC(=O)c1ccc(N2CCN(C3C=C(c4cc5ccc(C)cc5c(=O)[nH]4)CC3)CC2)cn1. The van der Waals surface area contributed by atoms with Crippen LogP contribution >= 0.6 is 0 Å². The number of nitrogens with zero attached hydrogens (tertiary/aromatic N) is 3. The minimum absolute atomic E-state index is 0.0137. The molecule has 7 heteroatoms. The molecule has 0 saturated carbocycles. The Labute approximate surface area is 193 Å². The Balaban J connectivity index is 1.25. The number of allylic oxidation sites excluding steroid dienone is 1. The molecule has 1 amide bonds. The molecule has 7 nitrogen and oxygen atoms in total. The lowest BCUT2D eigenvalue weighted by Gasteiger charge is -2.38. The van der Waals surface area contributed by atoms with Crippen LogP contribution in [-0.4, -0.2) is 60.0 Å². The summed E-state index contributed by atoms with van der Waals surface area (Å²) in [6.45, 7) is 5.80. The van der Waals surface area contributed by atoms with Crippen LogP contribution in [0.1, 0.15) is 34.6 Å². The molecule has 2 aliphatic rings. The molecule has 1 atom stereocenters. The summed E-state index contributed by atoms with van der Waals surface area (Å²) in [4.78, 5) is 36.5. The normalized spacial score (nSPS) is 19.0. The van der Waals surface area contributed by atoms with E-state index in [2.05, 4.69) is 43.3 Å². The molecule has 1 aliphatic heterocycles. The van der Waals surface area contributed by atoms with Crippen LogP contribution in [0.2, 0.25) is 0 Å². The average Bonchev–Trinajstić information content (AvgIpc) is 3.34. The van der Waals surface area contributed by atoms with Crippen LogP contribution < -0.4 is 15.8 Å². The van der Waals surface area contributed by atoms with Gasteiger partial charge in [-0.05, 0) is 55.0 Å². The first-order valence-electron chi connectivity index (χ1n) is 11.5. The van der Waals surface area contributed by atoms with E-state index < -0.39 is 0 Å². The van der Waals surface area contributed by atoms with Crippen LogP contribution in [0.15, 0.2) is 53.5 Å². The fourth-order valence-corrected chi connectivity index (χ4v) is 4.91. The highest BCUT2D eigenvalue weighted by Gasteiger charge is 2.27. The van der Waals surface area contributed by atoms with Crippen LogP contribution in [0.5, 0.6) is 0 Å². The van der Waals surface area contributed by atoms with Crippen molar-refractivity contribution in [3.63, 3.8) is 0 Å². The van der Waals surface area contributed by atoms with Gasteiger partial charge in [-0.25, -0.2) is 4.98 Å². The van der Waals surface area contributed by atoms with Crippen molar-refractivity contribution in [3.8, 4) is 0 Å². The van der Waals surface area contributed by atoms with Gasteiger partial charge >= 0.3 is 0 Å². The maximum Gasteiger partial charge on any atom is 0.269 e. The van der Waals surface area contributed by atoms with Crippen molar-refractivity contribution in [1.82, 2.24) is 20.2 Å². The number of benzene rings is 1. The van der Waals surface area contributed by atoms with Crippen LogP contribution in [0.3, 0.4) is 0 Å². The molecule has 1 fully saturated rings. The van der Waals surface area contributed by atoms with Gasteiger partial charge in [-0.2, -0.15) is 0 Å². The highest BCUT2D eigenvalue weighted by molar-refractivity contribution is 5.92. The number of amides is 1. The van der Waals surface area contributed by atoms with Crippen molar-refractivity contribution in [2.45, 2.75) is 25.8 Å². The molecular weight excluding hydrogens is 414 g/mol. The van der Waals surface area contributed by atoms with E-state index in [1.54, 1.807) is 19.3 Å². The molecule has 3 aromatic rings. The Hall–Kier alpha value is -3.45. The van der Waals surface area contributed by atoms with E-state index in [0.717, 1.165) is 66.7 Å². The summed E-state index contributed by atoms with van der Waals surface area (Å²) in [5.74, 6) is -0.168. The standard InChI is InChI=1S/C26H29N5O2/c1-17-3-4-18-15-24(29-25(32)22(18)13-17)19-5-6-20(14-19)30-9-11-31(12-10-30)21-7-8-23(28-16-21)26(33)27-2/h3-4,7-8,13-16,20H,5-6,9-12H2,1-2H3,(H,27,33)(H,29,32). The number of hydrogen-bond acceptors (Lipinski definition) is 5. The first-order chi connectivity index (χ1) is 16.0. The van der Waals surface area contributed by atoms with E-state index in [-0.39, 0.29) is 11.5 Å². The van der Waals surface area contributed by atoms with Crippen molar-refractivity contribution in [2.75, 3.05) is 38.1 Å². The average molecular weight is 444 g/mol. The number of piperazine rings is 1. The van der Waals surface area contributed by atoms with E-state index in [1.165, 1.54) is 5.57 Å². The lowest BCUT2D eigenvalue weighted by Crippen LogP contribution is -2.49. The van der Waals surface area contributed by atoms with Gasteiger partial charge in [-0.3, -0.25) is 14.5 Å². The summed E-state index contributed by atoms with van der Waals surface area (Å²) < 4.78 is 0. The Morgan fingerprint density at radius 2 is 1.94 bits per heavy atom. The molecule has 33 heavy (non-hydrogen) atoms. The molecule has 1 unspecified atom stereocenters. The zero-order valence-corrected chi connectivity index (χ0v) is 19.1. The Morgan fingerprint density at radius 1 is 1.12 bits per heavy atom. The second-order valence-corrected chi connectivity index (χ2v) is 8.90. The molecule has 0 bridgehead atoms. The second kappa shape index (κ2) is 8.83. The molecule has 0 radical (unpaired) electrons. The number of pyridine rings is 2. The third-order valence-corrected chi connectivity index (χ3v) is 6.81. The largest absolute Gasteiger partial charge is 0.368 e. The molecule has 2 aromatic heterocycles. The lowest BCUT2D eigenvalue weighted by atomic mass is 10.1. The van der Waals surface area contributed by atoms with Crippen molar-refractivity contribution in [1.29, 1.82) is 0 Å². The topological polar surface area (TPSA) is 81.3 Å². The Morgan fingerprint density at radius 3 is 2.67 bits per heavy atom. The predicted octanol–water partition coefficient (Wildman–Crippen LogP) is 2.96. The zero-order valence-electron chi connectivity index (χ0n) is 19.1. The molecular formula is C26H29N5O2. The molecule has 3 heterocycles. The van der Waals surface area contributed by atoms with Gasteiger partial charge in [-0.15, -0.1) is 0 Å². The molecule has 1 aliphatic carbocycles. The van der Waals surface area contributed by atoms with Gasteiger partial charge in [0.2, 0.25) is 0 Å². The van der Waals surface area contributed by atoms with E-state index >= 15 is 0 Å². The molecule has 2 N–H and O–H groups in total. The maximum atomic E-state index is 12.6. The number of aryl methyl sites for hydroxylation is 1. The smallest absolute Gasteiger partial charge is 0.269 e. The molecule has 0 spiro atoms. The van der Waals surface area contributed by atoms with Gasteiger partial charge in [0.25, 0.3) is 11.5 Å². The first-order valence-corrected chi connectivity index (χ1v) is 11.5. The van der Waals surface area contributed by atoms with E-state index in [1.807, 2.05) is 25.1 Å². The highest BCUT2D eigenvalue weighted by Crippen LogP contribution is 2.31. The number of H-pyrrole nitrogens is 1. The Bertz CT molecular complexity index is 1270. The quantitative estimate of drug-likeness (QED) is 0.648. The van der Waals surface area contributed by atoms with Gasteiger partial charge < -0.3 is 15.2 Å². The van der Waals surface area contributed by atoms with Gasteiger partial charge in [0.1, 0.15) is 5.69 Å². The summed E-state index contributed by atoms with van der Waals surface area (Å²) >= 11 is 0. The summed E-state index contributed by atoms with van der Waals surface area (Å²) in [5.41, 5.74) is 4.74. The number of aromatic nitrogens is 2. The monoisotopic (exact) mass is 443 g/mol. The summed E-state index contributed by atoms with van der Waals surface area (Å²) in [7, 11) is 1.61. The van der Waals surface area contributed by atoms with Crippen molar-refractivity contribution in [3.05, 3.63) is 76.0 Å². The fraction of sp³-hybridized carbons (Fsp3) is 0.346. The van der Waals surface area contributed by atoms with E-state index in [9.17, 15) is 9.59 Å². The number of nitrogens with one attached hydrogen (secondary N) is 2. The minimum Gasteiger partial charge on any atom is -0.368 e. The van der Waals surface area contributed by atoms with Crippen molar-refractivity contribution >= 4 is 27.9 Å². The van der Waals surface area contributed by atoms with E-state index in [0.29, 0.717) is 11.7 Å². The van der Waals surface area contributed by atoms with Crippen molar-refractivity contribution < 1.29 is 4.79 Å². The van der Waals surface area contributed by atoms with Crippen molar-refractivity contribution in [2.24, 2.45) is 0 Å². The van der Waals surface area contributed by atoms with Gasteiger partial charge in [0.15, 0.2) is 0 Å². The predicted molar refractivity (Wildman–Crippen MR) is 132 cm³/mol. The summed E-state index contributed by atoms with van der Waals surface area (Å²) in [5, 5.41) is 4.35. The van der Waals surface area contributed by atoms with Crippen LogP contribution in [0, 0.1) is 6.92 Å². The van der Waals surface area contributed by atoms with Gasteiger partial charge in [0, 0.05) is 50.3 Å². The molecule has 1 aromatic carbocycles. The van der Waals surface area contributed by atoms with Crippen LogP contribution in [0.4, 0.5) is 5.69 Å². The minimum atomic E-state index is -0.168. The number of fused-ring (bicyclic) bond motifs is 1. The molecule has 1 saturated heterocycles. The molecule has 170 valence electrons. The summed E-state index contributed by atoms with van der Waals surface area (Å²) in [6.07, 6.45) is 6.17. The number of hydrogen-bond donors (Lipinski definition) is 2. The number of carbonyl (C=O) groups excluding carboxylic acids is 1.